The zero-order chi connectivity index (χ0) is 24.0. The van der Waals surface area contributed by atoms with Gasteiger partial charge in [0, 0.05) is 0 Å². The number of hydrogen-bond donors (Lipinski definition) is 0. The zero-order valence-electron chi connectivity index (χ0n) is 18.6. The molecule has 0 radical (unpaired) electrons. The average Bonchev–Trinajstić information content (AvgIpc) is 3.15. The van der Waals surface area contributed by atoms with Crippen LogP contribution in [0.3, 0.4) is 0 Å². The molecule has 1 aromatic heterocycles. The molecule has 0 aliphatic carbocycles. The normalized spacial score (nSPS) is 11.0. The van der Waals surface area contributed by atoms with Gasteiger partial charge in [-0.3, -0.25) is 4.79 Å². The first-order valence-electron chi connectivity index (χ1n) is 10.0. The second kappa shape index (κ2) is 10.2. The monoisotopic (exact) mass is 468 g/mol. The Bertz CT molecular complexity index is 1260. The molecule has 8 nitrogen and oxygen atoms in total. The maximum atomic E-state index is 13.1. The van der Waals surface area contributed by atoms with Crippen molar-refractivity contribution in [2.45, 2.75) is 31.8 Å². The van der Waals surface area contributed by atoms with Crippen molar-refractivity contribution in [1.82, 2.24) is 9.46 Å². The van der Waals surface area contributed by atoms with Crippen LogP contribution in [0.1, 0.15) is 22.6 Å². The second-order valence-electron chi connectivity index (χ2n) is 7.20. The number of terminal acetylenes is 1. The van der Waals surface area contributed by atoms with Crippen LogP contribution in [0.4, 0.5) is 0 Å². The average molecular weight is 469 g/mol. The molecule has 2 aromatic carbocycles. The molecule has 172 valence electrons. The fourth-order valence-electron chi connectivity index (χ4n) is 3.28. The lowest BCUT2D eigenvalue weighted by Gasteiger charge is -2.20. The van der Waals surface area contributed by atoms with Crippen LogP contribution in [0.15, 0.2) is 57.9 Å². The van der Waals surface area contributed by atoms with Gasteiger partial charge in [-0.2, -0.15) is 0 Å². The first-order valence-corrected chi connectivity index (χ1v) is 11.5. The van der Waals surface area contributed by atoms with Crippen LogP contribution in [-0.4, -0.2) is 37.4 Å². The smallest absolute Gasteiger partial charge is 0.272 e. The quantitative estimate of drug-likeness (QED) is 0.445. The number of methoxy groups -OCH3 is 1. The molecule has 0 atom stereocenters. The van der Waals surface area contributed by atoms with E-state index < -0.39 is 22.5 Å². The zero-order valence-corrected chi connectivity index (χ0v) is 19.4. The third kappa shape index (κ3) is 5.35. The Balaban J connectivity index is 1.80. The van der Waals surface area contributed by atoms with Crippen LogP contribution in [-0.2, 0) is 27.8 Å². The first kappa shape index (κ1) is 23.9. The largest absolute Gasteiger partial charge is 0.493 e. The summed E-state index contributed by atoms with van der Waals surface area (Å²) in [5.74, 6) is 2.56. The maximum absolute atomic E-state index is 13.1. The fraction of sp³-hybridized carbons (Fsp3) is 0.250. The molecular weight excluding hydrogens is 444 g/mol. The van der Waals surface area contributed by atoms with Crippen LogP contribution in [0.5, 0.6) is 11.5 Å². The van der Waals surface area contributed by atoms with E-state index in [4.69, 9.17) is 20.4 Å². The molecule has 33 heavy (non-hydrogen) atoms. The van der Waals surface area contributed by atoms with Gasteiger partial charge in [0.15, 0.2) is 22.2 Å². The molecule has 9 heteroatoms. The fourth-order valence-corrected chi connectivity index (χ4v) is 4.89. The van der Waals surface area contributed by atoms with Crippen LogP contribution >= 0.6 is 0 Å². The lowest BCUT2D eigenvalue weighted by molar-refractivity contribution is -0.125. The van der Waals surface area contributed by atoms with Crippen molar-refractivity contribution in [3.63, 3.8) is 0 Å². The van der Waals surface area contributed by atoms with Crippen LogP contribution < -0.4 is 9.47 Å². The molecule has 0 aliphatic heterocycles. The van der Waals surface area contributed by atoms with Crippen molar-refractivity contribution in [1.29, 1.82) is 0 Å². The van der Waals surface area contributed by atoms with Crippen LogP contribution in [0.25, 0.3) is 0 Å². The number of hydrogen-bond acceptors (Lipinski definition) is 7. The molecule has 0 fully saturated rings. The van der Waals surface area contributed by atoms with E-state index in [9.17, 15) is 13.2 Å². The molecule has 3 aromatic rings. The van der Waals surface area contributed by atoms with Crippen LogP contribution in [0, 0.1) is 26.2 Å². The Morgan fingerprint density at radius 3 is 2.45 bits per heavy atom. The third-order valence-electron chi connectivity index (χ3n) is 4.85. The summed E-state index contributed by atoms with van der Waals surface area (Å²) < 4.78 is 43.1. The molecule has 1 amide bonds. The van der Waals surface area contributed by atoms with E-state index in [1.165, 1.54) is 21.0 Å². The summed E-state index contributed by atoms with van der Waals surface area (Å²) in [7, 11) is -2.75. The van der Waals surface area contributed by atoms with Gasteiger partial charge >= 0.3 is 0 Å². The number of rotatable bonds is 9. The highest BCUT2D eigenvalue weighted by Gasteiger charge is 2.34. The third-order valence-corrected chi connectivity index (χ3v) is 6.86. The molecule has 3 rings (SSSR count). The number of carbonyl (C=O) groups is 1. The summed E-state index contributed by atoms with van der Waals surface area (Å²) in [4.78, 5) is 12.8. The minimum atomic E-state index is -4.23. The maximum Gasteiger partial charge on any atom is 0.272 e. The number of nitrogens with zero attached hydrogens (tertiary/aromatic N) is 2. The van der Waals surface area contributed by atoms with Crippen molar-refractivity contribution in [2.75, 3.05) is 13.7 Å². The number of amides is 1. The highest BCUT2D eigenvalue weighted by molar-refractivity contribution is 7.89. The Hall–Kier alpha value is -3.77. The van der Waals surface area contributed by atoms with Crippen molar-refractivity contribution in [2.24, 2.45) is 0 Å². The standard InChI is InChI=1S/C24H24N2O6S/c1-5-13-26(33(28,29)24-17(2)25-32-18(24)3)23(27)15-20-11-12-21(22(14-20)30-4)31-16-19-9-7-6-8-10-19/h1,6-12,14H,13,15-16H2,2-4H3. The number of aromatic nitrogens is 1. The lowest BCUT2D eigenvalue weighted by atomic mass is 10.1. The van der Waals surface area contributed by atoms with Gasteiger partial charge in [-0.15, -0.1) is 6.42 Å². The number of sulfonamides is 1. The molecule has 0 N–H and O–H groups in total. The molecule has 0 spiro atoms. The van der Waals surface area contributed by atoms with E-state index in [1.807, 2.05) is 30.3 Å². The van der Waals surface area contributed by atoms with Crippen molar-refractivity contribution in [3.8, 4) is 23.8 Å². The second-order valence-corrected chi connectivity index (χ2v) is 9.00. The Kier molecular flexibility index (Phi) is 7.41. The summed E-state index contributed by atoms with van der Waals surface area (Å²) in [6, 6.07) is 14.6. The van der Waals surface area contributed by atoms with E-state index >= 15 is 0 Å². The van der Waals surface area contributed by atoms with Gasteiger partial charge in [-0.05, 0) is 37.1 Å². The van der Waals surface area contributed by atoms with E-state index in [1.54, 1.807) is 18.2 Å². The summed E-state index contributed by atoms with van der Waals surface area (Å²) in [5.41, 5.74) is 1.69. The van der Waals surface area contributed by atoms with E-state index in [-0.39, 0.29) is 22.8 Å². The summed E-state index contributed by atoms with van der Waals surface area (Å²) in [6.45, 7) is 2.88. The predicted molar refractivity (Wildman–Crippen MR) is 121 cm³/mol. The van der Waals surface area contributed by atoms with E-state index in [0.717, 1.165) is 5.56 Å². The molecular formula is C24H24N2O6S. The minimum Gasteiger partial charge on any atom is -0.493 e. The van der Waals surface area contributed by atoms with Gasteiger partial charge in [-0.1, -0.05) is 47.5 Å². The van der Waals surface area contributed by atoms with Gasteiger partial charge < -0.3 is 14.0 Å². The number of ether oxygens (including phenoxy) is 2. The van der Waals surface area contributed by atoms with E-state index in [2.05, 4.69) is 11.1 Å². The predicted octanol–water partition coefficient (Wildman–Crippen LogP) is 3.27. The van der Waals surface area contributed by atoms with Gasteiger partial charge in [0.1, 0.15) is 12.3 Å². The van der Waals surface area contributed by atoms with E-state index in [0.29, 0.717) is 28.0 Å². The first-order chi connectivity index (χ1) is 15.8. The molecule has 1 heterocycles. The molecule has 0 unspecified atom stereocenters. The van der Waals surface area contributed by atoms with Gasteiger partial charge in [0.2, 0.25) is 5.91 Å². The lowest BCUT2D eigenvalue weighted by Crippen LogP contribution is -2.38. The minimum absolute atomic E-state index is 0.0870. The SMILES string of the molecule is C#CCN(C(=O)Cc1ccc(OCc2ccccc2)c(OC)c1)S(=O)(=O)c1c(C)noc1C. The Morgan fingerprint density at radius 2 is 1.85 bits per heavy atom. The van der Waals surface area contributed by atoms with Gasteiger partial charge in [0.25, 0.3) is 10.0 Å². The topological polar surface area (TPSA) is 98.9 Å². The summed E-state index contributed by atoms with van der Waals surface area (Å²) >= 11 is 0. The van der Waals surface area contributed by atoms with Crippen molar-refractivity contribution >= 4 is 15.9 Å². The number of carbonyl (C=O) groups excluding carboxylic acids is 1. The Morgan fingerprint density at radius 1 is 1.12 bits per heavy atom. The molecule has 0 aliphatic rings. The highest BCUT2D eigenvalue weighted by Crippen LogP contribution is 2.30. The number of benzene rings is 2. The van der Waals surface area contributed by atoms with Crippen LogP contribution in [0.2, 0.25) is 0 Å². The molecule has 0 bridgehead atoms. The summed E-state index contributed by atoms with van der Waals surface area (Å²) in [5, 5.41) is 3.67. The highest BCUT2D eigenvalue weighted by atomic mass is 32.2. The van der Waals surface area contributed by atoms with Gasteiger partial charge in [0.05, 0.1) is 20.1 Å². The molecule has 0 saturated heterocycles. The van der Waals surface area contributed by atoms with Crippen molar-refractivity contribution in [3.05, 3.63) is 71.1 Å². The van der Waals surface area contributed by atoms with Crippen molar-refractivity contribution < 1.29 is 27.2 Å². The molecule has 0 saturated carbocycles. The summed E-state index contributed by atoms with van der Waals surface area (Å²) in [6.07, 6.45) is 5.14. The number of aryl methyl sites for hydroxylation is 2. The van der Waals surface area contributed by atoms with Gasteiger partial charge in [-0.25, -0.2) is 12.7 Å². The Labute approximate surface area is 193 Å².